The normalized spacial score (nSPS) is 16.6. The predicted molar refractivity (Wildman–Crippen MR) is 120 cm³/mol. The van der Waals surface area contributed by atoms with Gasteiger partial charge in [0.25, 0.3) is 5.91 Å². The molecule has 0 radical (unpaired) electrons. The lowest BCUT2D eigenvalue weighted by molar-refractivity contribution is -0.119. The number of nitrogens with one attached hydrogen (secondary N) is 1. The van der Waals surface area contributed by atoms with Crippen LogP contribution in [0.3, 0.4) is 0 Å². The minimum Gasteiger partial charge on any atom is -0.493 e. The fraction of sp³-hybridized carbons (Fsp3) is 0.238. The van der Waals surface area contributed by atoms with Crippen LogP contribution in [0, 0.1) is 12.7 Å². The van der Waals surface area contributed by atoms with Crippen molar-refractivity contribution >= 4 is 41.1 Å². The van der Waals surface area contributed by atoms with Gasteiger partial charge in [0.2, 0.25) is 0 Å². The number of hydrogen-bond donors (Lipinski definition) is 1. The average molecular weight is 429 g/mol. The molecule has 1 saturated heterocycles. The molecule has 1 amide bonds. The van der Waals surface area contributed by atoms with Gasteiger partial charge in [-0.25, -0.2) is 9.37 Å². The molecule has 1 fully saturated rings. The molecule has 1 aromatic heterocycles. The third-order valence-corrected chi connectivity index (χ3v) is 5.73. The zero-order valence-electron chi connectivity index (χ0n) is 16.0. The molecular weight excluding hydrogens is 407 g/mol. The molecule has 3 atom stereocenters. The smallest absolute Gasteiger partial charge is 0.256 e. The van der Waals surface area contributed by atoms with Gasteiger partial charge in [0, 0.05) is 22.9 Å². The number of ether oxygens (including phenoxy) is 1. The van der Waals surface area contributed by atoms with Crippen LogP contribution in [0.4, 0.5) is 10.1 Å². The Morgan fingerprint density at radius 3 is 2.86 bits per heavy atom. The number of H-pyrrole nitrogens is 1. The quantitative estimate of drug-likeness (QED) is 0.357. The summed E-state index contributed by atoms with van der Waals surface area (Å²) in [7, 11) is 5.36. The minimum absolute atomic E-state index is 0.208. The molecule has 29 heavy (non-hydrogen) atoms. The number of benzene rings is 2. The Morgan fingerprint density at radius 2 is 2.14 bits per heavy atom. The summed E-state index contributed by atoms with van der Waals surface area (Å²) in [5.74, 6) is -0.124. The Hall–Kier alpha value is -2.29. The highest BCUT2D eigenvalue weighted by Crippen LogP contribution is 2.45. The molecule has 0 saturated carbocycles. The van der Waals surface area contributed by atoms with Crippen molar-refractivity contribution in [1.29, 1.82) is 0 Å². The van der Waals surface area contributed by atoms with Crippen molar-refractivity contribution in [3.05, 3.63) is 65.8 Å². The maximum Gasteiger partial charge on any atom is 0.256 e. The average Bonchev–Trinajstić information content (AvgIpc) is 3.14. The van der Waals surface area contributed by atoms with Gasteiger partial charge in [0.15, 0.2) is 0 Å². The molecule has 0 spiro atoms. The highest BCUT2D eigenvalue weighted by atomic mass is 31.1. The van der Waals surface area contributed by atoms with E-state index < -0.39 is 11.9 Å². The van der Waals surface area contributed by atoms with Gasteiger partial charge in [0.05, 0.1) is 30.0 Å². The molecule has 2 unspecified atom stereocenters. The predicted octanol–water partition coefficient (Wildman–Crippen LogP) is 4.50. The third-order valence-electron chi connectivity index (χ3n) is 5.07. The van der Waals surface area contributed by atoms with E-state index in [9.17, 15) is 4.79 Å². The van der Waals surface area contributed by atoms with E-state index in [-0.39, 0.29) is 5.91 Å². The highest BCUT2D eigenvalue weighted by Gasteiger charge is 2.44. The second-order valence-electron chi connectivity index (χ2n) is 7.14. The van der Waals surface area contributed by atoms with Crippen LogP contribution in [-0.2, 0) is 4.79 Å². The van der Waals surface area contributed by atoms with Gasteiger partial charge in [-0.05, 0) is 48.6 Å². The van der Waals surface area contributed by atoms with Crippen LogP contribution in [0.2, 0.25) is 0 Å². The first-order valence-corrected chi connectivity index (χ1v) is 10.6. The maximum atomic E-state index is 15.1. The van der Waals surface area contributed by atoms with Gasteiger partial charge in [-0.2, -0.15) is 0 Å². The van der Waals surface area contributed by atoms with E-state index in [1.54, 1.807) is 11.2 Å². The number of fused-ring (bicyclic) bond motifs is 1. The van der Waals surface area contributed by atoms with Crippen molar-refractivity contribution in [2.75, 3.05) is 11.5 Å². The topological polar surface area (TPSA) is 58.2 Å². The van der Waals surface area contributed by atoms with Gasteiger partial charge < -0.3 is 9.72 Å². The fourth-order valence-electron chi connectivity index (χ4n) is 3.59. The number of aromatic nitrogens is 2. The Balaban J connectivity index is 1.65. The van der Waals surface area contributed by atoms with Crippen LogP contribution in [-0.4, -0.2) is 27.9 Å². The van der Waals surface area contributed by atoms with E-state index in [0.29, 0.717) is 34.6 Å². The van der Waals surface area contributed by atoms with Gasteiger partial charge in [-0.3, -0.25) is 9.69 Å². The highest BCUT2D eigenvalue weighted by molar-refractivity contribution is 7.37. The summed E-state index contributed by atoms with van der Waals surface area (Å²) in [4.78, 5) is 21.4. The standard InChI is InChI=1S/C21H22FN3O2P2/c1-11-7-14(27-6-5-18(28)29)9-15(22)19(11)20-12(2)21(26)25(20)13-3-4-16-17(8-13)24-10-23-16/h3-4,7-10,18,20H,2,5-6,28-29H2,1H3,(H,23,24)/t20-/m1/s1. The molecule has 1 aliphatic heterocycles. The van der Waals surface area contributed by atoms with E-state index in [1.807, 2.05) is 31.2 Å². The number of nitrogens with zero attached hydrogens (tertiary/aromatic N) is 2. The van der Waals surface area contributed by atoms with Crippen molar-refractivity contribution in [2.24, 2.45) is 0 Å². The molecule has 0 aliphatic carbocycles. The summed E-state index contributed by atoms with van der Waals surface area (Å²) in [6, 6.07) is 8.14. The maximum absolute atomic E-state index is 15.1. The number of β-lactam (4-membered cyclic amide) rings is 1. The number of aryl methyl sites for hydroxylation is 1. The van der Waals surface area contributed by atoms with Gasteiger partial charge in [-0.15, -0.1) is 18.5 Å². The second kappa shape index (κ2) is 7.85. The van der Waals surface area contributed by atoms with Crippen LogP contribution in [0.25, 0.3) is 11.0 Å². The summed E-state index contributed by atoms with van der Waals surface area (Å²) in [5.41, 5.74) is 3.84. The summed E-state index contributed by atoms with van der Waals surface area (Å²) < 4.78 is 20.8. The number of amides is 1. The first-order chi connectivity index (χ1) is 13.9. The van der Waals surface area contributed by atoms with Gasteiger partial charge >= 0.3 is 0 Å². The Labute approximate surface area is 173 Å². The van der Waals surface area contributed by atoms with Crippen molar-refractivity contribution < 1.29 is 13.9 Å². The zero-order chi connectivity index (χ0) is 20.7. The summed E-state index contributed by atoms with van der Waals surface area (Å²) >= 11 is 0. The van der Waals surface area contributed by atoms with E-state index in [1.165, 1.54) is 6.07 Å². The molecule has 0 bridgehead atoms. The van der Waals surface area contributed by atoms with Crippen molar-refractivity contribution in [2.45, 2.75) is 24.8 Å². The number of anilines is 1. The van der Waals surface area contributed by atoms with Crippen molar-refractivity contribution in [3.8, 4) is 5.75 Å². The Morgan fingerprint density at radius 1 is 1.34 bits per heavy atom. The molecule has 3 aromatic rings. The van der Waals surface area contributed by atoms with E-state index in [4.69, 9.17) is 4.74 Å². The number of aromatic amines is 1. The number of hydrogen-bond acceptors (Lipinski definition) is 3. The van der Waals surface area contributed by atoms with Crippen LogP contribution < -0.4 is 9.64 Å². The summed E-state index contributed by atoms with van der Waals surface area (Å²) in [6.07, 6.45) is 2.43. The number of rotatable bonds is 6. The first-order valence-electron chi connectivity index (χ1n) is 9.26. The van der Waals surface area contributed by atoms with Gasteiger partial charge in [-0.1, -0.05) is 6.58 Å². The number of carbonyl (C=O) groups excluding carboxylic acids is 1. The lowest BCUT2D eigenvalue weighted by atomic mass is 9.85. The largest absolute Gasteiger partial charge is 0.493 e. The van der Waals surface area contributed by atoms with Crippen LogP contribution in [0.15, 0.2) is 48.8 Å². The van der Waals surface area contributed by atoms with E-state index in [2.05, 4.69) is 35.0 Å². The first kappa shape index (κ1) is 20.0. The fourth-order valence-corrected chi connectivity index (χ4v) is 3.86. The molecular formula is C21H22FN3O2P2. The second-order valence-corrected chi connectivity index (χ2v) is 9.63. The molecule has 8 heteroatoms. The zero-order valence-corrected chi connectivity index (χ0v) is 18.3. The summed E-state index contributed by atoms with van der Waals surface area (Å²) in [6.45, 7) is 6.21. The SMILES string of the molecule is C=C1C(=O)N(c2ccc3nc[nH]c3c2)[C@H]1c1c(C)cc(OCCC(P)P)cc1F. The monoisotopic (exact) mass is 429 g/mol. The van der Waals surface area contributed by atoms with Gasteiger partial charge in [0.1, 0.15) is 11.6 Å². The number of imidazole rings is 1. The van der Waals surface area contributed by atoms with Crippen molar-refractivity contribution in [3.63, 3.8) is 0 Å². The molecule has 5 nitrogen and oxygen atoms in total. The number of carbonyl (C=O) groups is 1. The van der Waals surface area contributed by atoms with E-state index >= 15 is 4.39 Å². The van der Waals surface area contributed by atoms with Crippen LogP contribution in [0.1, 0.15) is 23.6 Å². The lowest BCUT2D eigenvalue weighted by Crippen LogP contribution is -2.49. The summed E-state index contributed by atoms with van der Waals surface area (Å²) in [5, 5.41) is 0.352. The van der Waals surface area contributed by atoms with Crippen LogP contribution >= 0.6 is 18.5 Å². The molecule has 150 valence electrons. The third kappa shape index (κ3) is 3.68. The van der Waals surface area contributed by atoms with E-state index in [0.717, 1.165) is 23.0 Å². The van der Waals surface area contributed by atoms with Crippen molar-refractivity contribution in [1.82, 2.24) is 9.97 Å². The Kier molecular flexibility index (Phi) is 5.42. The molecule has 2 aromatic carbocycles. The molecule has 4 rings (SSSR count). The Bertz CT molecular complexity index is 1090. The molecule has 1 aliphatic rings. The molecule has 2 heterocycles. The lowest BCUT2D eigenvalue weighted by Gasteiger charge is -2.43. The van der Waals surface area contributed by atoms with Crippen LogP contribution in [0.5, 0.6) is 5.75 Å². The number of halogens is 1. The molecule has 1 N–H and O–H groups in total. The minimum atomic E-state index is -0.541.